The summed E-state index contributed by atoms with van der Waals surface area (Å²) in [6, 6.07) is 2.24. The van der Waals surface area contributed by atoms with Crippen molar-refractivity contribution in [1.29, 1.82) is 0 Å². The first kappa shape index (κ1) is 14.2. The maximum absolute atomic E-state index is 11.6. The van der Waals surface area contributed by atoms with E-state index in [1.807, 2.05) is 6.92 Å². The van der Waals surface area contributed by atoms with Gasteiger partial charge in [-0.3, -0.25) is 9.69 Å². The lowest BCUT2D eigenvalue weighted by Crippen LogP contribution is -2.30. The van der Waals surface area contributed by atoms with E-state index in [2.05, 4.69) is 35.6 Å². The molecule has 4 heteroatoms. The molecule has 0 bridgehead atoms. The van der Waals surface area contributed by atoms with Crippen LogP contribution >= 0.6 is 11.3 Å². The highest BCUT2D eigenvalue weighted by Gasteiger charge is 2.22. The van der Waals surface area contributed by atoms with E-state index in [4.69, 9.17) is 4.74 Å². The summed E-state index contributed by atoms with van der Waals surface area (Å²) in [4.78, 5) is 13.9. The van der Waals surface area contributed by atoms with Crippen molar-refractivity contribution in [2.45, 2.75) is 33.2 Å². The Morgan fingerprint density at radius 3 is 2.59 bits per heavy atom. The maximum atomic E-state index is 11.6. The van der Waals surface area contributed by atoms with Gasteiger partial charge in [0.1, 0.15) is 0 Å². The van der Waals surface area contributed by atoms with Gasteiger partial charge in [-0.25, -0.2) is 0 Å². The Kier molecular flexibility index (Phi) is 6.22. The first-order valence-electron chi connectivity index (χ1n) is 6.14. The quantitative estimate of drug-likeness (QED) is 0.701. The molecule has 0 aliphatic carbocycles. The predicted molar refractivity (Wildman–Crippen MR) is 71.2 cm³/mol. The van der Waals surface area contributed by atoms with Gasteiger partial charge in [-0.2, -0.15) is 11.3 Å². The van der Waals surface area contributed by atoms with Gasteiger partial charge in [0.15, 0.2) is 0 Å². The number of rotatable bonds is 7. The summed E-state index contributed by atoms with van der Waals surface area (Å²) in [6.45, 7) is 8.41. The molecule has 0 spiro atoms. The van der Waals surface area contributed by atoms with Gasteiger partial charge < -0.3 is 4.74 Å². The van der Waals surface area contributed by atoms with Crippen LogP contribution in [0.2, 0.25) is 0 Å². The highest BCUT2D eigenvalue weighted by Crippen LogP contribution is 2.26. The minimum atomic E-state index is -0.115. The topological polar surface area (TPSA) is 29.5 Å². The molecule has 0 fully saturated rings. The highest BCUT2D eigenvalue weighted by molar-refractivity contribution is 7.07. The lowest BCUT2D eigenvalue weighted by Gasteiger charge is -2.28. The van der Waals surface area contributed by atoms with Gasteiger partial charge in [0.2, 0.25) is 0 Å². The zero-order valence-electron chi connectivity index (χ0n) is 10.8. The van der Waals surface area contributed by atoms with Crippen LogP contribution in [0.5, 0.6) is 0 Å². The molecule has 1 aromatic rings. The number of ether oxygens (including phenoxy) is 1. The molecular weight excluding hydrogens is 234 g/mol. The predicted octanol–water partition coefficient (Wildman–Crippen LogP) is 3.08. The third kappa shape index (κ3) is 4.13. The minimum absolute atomic E-state index is 0.115. The zero-order chi connectivity index (χ0) is 12.7. The van der Waals surface area contributed by atoms with Crippen molar-refractivity contribution < 1.29 is 9.53 Å². The molecule has 96 valence electrons. The molecular formula is C13H21NO2S. The molecule has 0 saturated heterocycles. The highest BCUT2D eigenvalue weighted by atomic mass is 32.1. The van der Waals surface area contributed by atoms with Gasteiger partial charge >= 0.3 is 5.97 Å². The van der Waals surface area contributed by atoms with E-state index < -0.39 is 0 Å². The maximum Gasteiger partial charge on any atom is 0.307 e. The van der Waals surface area contributed by atoms with E-state index in [1.54, 1.807) is 11.3 Å². The van der Waals surface area contributed by atoms with Gasteiger partial charge in [-0.05, 0) is 42.4 Å². The van der Waals surface area contributed by atoms with Crippen molar-refractivity contribution in [3.8, 4) is 0 Å². The van der Waals surface area contributed by atoms with Crippen molar-refractivity contribution in [3.63, 3.8) is 0 Å². The molecule has 0 N–H and O–H groups in total. The molecule has 0 saturated carbocycles. The van der Waals surface area contributed by atoms with Gasteiger partial charge in [0, 0.05) is 6.04 Å². The Morgan fingerprint density at radius 2 is 2.12 bits per heavy atom. The van der Waals surface area contributed by atoms with Crippen molar-refractivity contribution in [2.24, 2.45) is 0 Å². The molecule has 0 aliphatic rings. The van der Waals surface area contributed by atoms with Crippen LogP contribution in [0.4, 0.5) is 0 Å². The summed E-state index contributed by atoms with van der Waals surface area (Å²) in [5, 5.41) is 4.17. The van der Waals surface area contributed by atoms with Crippen LogP contribution < -0.4 is 0 Å². The number of hydrogen-bond donors (Lipinski definition) is 0. The fourth-order valence-corrected chi connectivity index (χ4v) is 2.67. The fraction of sp³-hybridized carbons (Fsp3) is 0.615. The first-order valence-corrected chi connectivity index (χ1v) is 7.08. The van der Waals surface area contributed by atoms with E-state index in [1.165, 1.54) is 5.56 Å². The van der Waals surface area contributed by atoms with E-state index >= 15 is 0 Å². The average Bonchev–Trinajstić information content (AvgIpc) is 2.83. The fourth-order valence-electron chi connectivity index (χ4n) is 1.96. The Bertz CT molecular complexity index is 320. The normalized spacial score (nSPS) is 12.7. The van der Waals surface area contributed by atoms with Crippen molar-refractivity contribution in [2.75, 3.05) is 19.7 Å². The second-order valence-corrected chi connectivity index (χ2v) is 4.58. The molecule has 0 radical (unpaired) electrons. The molecule has 1 rings (SSSR count). The molecule has 0 aromatic carbocycles. The summed E-state index contributed by atoms with van der Waals surface area (Å²) in [7, 11) is 0. The Labute approximate surface area is 107 Å². The second kappa shape index (κ2) is 7.45. The number of thiophene rings is 1. The molecule has 1 unspecified atom stereocenters. The van der Waals surface area contributed by atoms with E-state index in [-0.39, 0.29) is 12.0 Å². The van der Waals surface area contributed by atoms with Crippen LogP contribution in [0.15, 0.2) is 16.8 Å². The lowest BCUT2D eigenvalue weighted by atomic mass is 10.1. The van der Waals surface area contributed by atoms with Crippen LogP contribution in [0.1, 0.15) is 38.8 Å². The van der Waals surface area contributed by atoms with Gasteiger partial charge in [-0.15, -0.1) is 0 Å². The lowest BCUT2D eigenvalue weighted by molar-refractivity contribution is -0.144. The van der Waals surface area contributed by atoms with Crippen molar-refractivity contribution in [1.82, 2.24) is 4.90 Å². The standard InChI is InChI=1S/C13H21NO2S/c1-4-14(5-2)12(9-13(15)16-6-3)11-7-8-17-10-11/h7-8,10,12H,4-6,9H2,1-3H3. The smallest absolute Gasteiger partial charge is 0.307 e. The Hall–Kier alpha value is -0.870. The van der Waals surface area contributed by atoms with E-state index in [0.717, 1.165) is 13.1 Å². The zero-order valence-corrected chi connectivity index (χ0v) is 11.6. The molecule has 17 heavy (non-hydrogen) atoms. The number of nitrogens with zero attached hydrogens (tertiary/aromatic N) is 1. The molecule has 1 heterocycles. The van der Waals surface area contributed by atoms with Gasteiger partial charge in [0.05, 0.1) is 13.0 Å². The van der Waals surface area contributed by atoms with Crippen LogP contribution in [0, 0.1) is 0 Å². The Balaban J connectivity index is 2.76. The number of carbonyl (C=O) groups excluding carboxylic acids is 1. The van der Waals surface area contributed by atoms with E-state index in [9.17, 15) is 4.79 Å². The monoisotopic (exact) mass is 255 g/mol. The average molecular weight is 255 g/mol. The number of esters is 1. The molecule has 0 amide bonds. The summed E-state index contributed by atoms with van der Waals surface area (Å²) in [5.41, 5.74) is 1.21. The van der Waals surface area contributed by atoms with E-state index in [0.29, 0.717) is 13.0 Å². The van der Waals surface area contributed by atoms with Crippen LogP contribution in [-0.4, -0.2) is 30.6 Å². The number of hydrogen-bond acceptors (Lipinski definition) is 4. The van der Waals surface area contributed by atoms with Crippen LogP contribution in [0.25, 0.3) is 0 Å². The molecule has 1 aromatic heterocycles. The first-order chi connectivity index (χ1) is 8.22. The third-order valence-corrected chi connectivity index (χ3v) is 3.55. The third-order valence-electron chi connectivity index (χ3n) is 2.85. The molecule has 0 aliphatic heterocycles. The van der Waals surface area contributed by atoms with Gasteiger partial charge in [-0.1, -0.05) is 13.8 Å². The largest absolute Gasteiger partial charge is 0.466 e. The number of carbonyl (C=O) groups is 1. The summed E-state index contributed by atoms with van der Waals surface area (Å²) in [5.74, 6) is -0.115. The van der Waals surface area contributed by atoms with Gasteiger partial charge in [0.25, 0.3) is 0 Å². The summed E-state index contributed by atoms with van der Waals surface area (Å²) < 4.78 is 5.05. The van der Waals surface area contributed by atoms with Crippen molar-refractivity contribution >= 4 is 17.3 Å². The summed E-state index contributed by atoms with van der Waals surface area (Å²) >= 11 is 1.67. The molecule has 1 atom stereocenters. The van der Waals surface area contributed by atoms with Crippen LogP contribution in [0.3, 0.4) is 0 Å². The van der Waals surface area contributed by atoms with Crippen LogP contribution in [-0.2, 0) is 9.53 Å². The Morgan fingerprint density at radius 1 is 1.41 bits per heavy atom. The molecule has 3 nitrogen and oxygen atoms in total. The summed E-state index contributed by atoms with van der Waals surface area (Å²) in [6.07, 6.45) is 0.437. The SMILES string of the molecule is CCOC(=O)CC(c1ccsc1)N(CC)CC. The minimum Gasteiger partial charge on any atom is -0.466 e. The van der Waals surface area contributed by atoms with Crippen molar-refractivity contribution in [3.05, 3.63) is 22.4 Å². The second-order valence-electron chi connectivity index (χ2n) is 3.80.